The van der Waals surface area contributed by atoms with Gasteiger partial charge in [-0.3, -0.25) is 0 Å². The van der Waals surface area contributed by atoms with Gasteiger partial charge in [0, 0.05) is 18.7 Å². The average Bonchev–Trinajstić information content (AvgIpc) is 2.40. The van der Waals surface area contributed by atoms with Crippen molar-refractivity contribution in [1.29, 1.82) is 0 Å². The van der Waals surface area contributed by atoms with Crippen molar-refractivity contribution in [2.45, 2.75) is 39.7 Å². The third-order valence-corrected chi connectivity index (χ3v) is 3.33. The normalized spacial score (nSPS) is 15.7. The number of carbonyl (C=O) groups is 1. The lowest BCUT2D eigenvalue weighted by Gasteiger charge is -2.29. The molecule has 0 spiro atoms. The van der Waals surface area contributed by atoms with Crippen LogP contribution in [0, 0.1) is 12.7 Å². The molecule has 114 valence electrons. The highest BCUT2D eigenvalue weighted by Crippen LogP contribution is 2.26. The van der Waals surface area contributed by atoms with Crippen LogP contribution in [0.15, 0.2) is 24.3 Å². The fourth-order valence-corrected chi connectivity index (χ4v) is 2.29. The lowest BCUT2D eigenvalue weighted by molar-refractivity contribution is 0.0270. The van der Waals surface area contributed by atoms with Crippen LogP contribution in [-0.4, -0.2) is 29.7 Å². The minimum absolute atomic E-state index is 0.211. The van der Waals surface area contributed by atoms with Gasteiger partial charge in [-0.2, -0.15) is 0 Å². The molecule has 0 N–H and O–H groups in total. The standard InChI is InChI=1S/C17H22FNO2/c1-12-5-6-15(18)14(11-12)13-7-9-19(10-8-13)16(20)21-17(2,3)4/h5-7,11H,8-10H2,1-4H3. The van der Waals surface area contributed by atoms with E-state index in [0.29, 0.717) is 25.1 Å². The van der Waals surface area contributed by atoms with Crippen LogP contribution in [0.1, 0.15) is 38.3 Å². The Kier molecular flexibility index (Phi) is 4.35. The number of carbonyl (C=O) groups excluding carboxylic acids is 1. The molecular formula is C17H22FNO2. The van der Waals surface area contributed by atoms with E-state index in [4.69, 9.17) is 4.74 Å². The Balaban J connectivity index is 2.08. The number of nitrogens with zero attached hydrogens (tertiary/aromatic N) is 1. The van der Waals surface area contributed by atoms with Crippen molar-refractivity contribution in [3.05, 3.63) is 41.2 Å². The maximum Gasteiger partial charge on any atom is 0.410 e. The van der Waals surface area contributed by atoms with Crippen LogP contribution >= 0.6 is 0 Å². The van der Waals surface area contributed by atoms with E-state index in [9.17, 15) is 9.18 Å². The first-order chi connectivity index (χ1) is 9.76. The van der Waals surface area contributed by atoms with Crippen molar-refractivity contribution in [1.82, 2.24) is 4.90 Å². The second kappa shape index (κ2) is 5.88. The molecule has 21 heavy (non-hydrogen) atoms. The topological polar surface area (TPSA) is 29.5 Å². The van der Waals surface area contributed by atoms with E-state index in [2.05, 4.69) is 0 Å². The zero-order chi connectivity index (χ0) is 15.6. The third kappa shape index (κ3) is 4.06. The monoisotopic (exact) mass is 291 g/mol. The zero-order valence-electron chi connectivity index (χ0n) is 13.1. The maximum absolute atomic E-state index is 13.9. The van der Waals surface area contributed by atoms with Crippen molar-refractivity contribution >= 4 is 11.7 Å². The number of ether oxygens (including phenoxy) is 1. The molecule has 3 nitrogen and oxygen atoms in total. The summed E-state index contributed by atoms with van der Waals surface area (Å²) in [4.78, 5) is 13.6. The summed E-state index contributed by atoms with van der Waals surface area (Å²) in [5.41, 5.74) is 2.13. The van der Waals surface area contributed by atoms with Gasteiger partial charge in [0.25, 0.3) is 0 Å². The molecule has 0 fully saturated rings. The highest BCUT2D eigenvalue weighted by molar-refractivity contribution is 5.73. The van der Waals surface area contributed by atoms with Crippen LogP contribution in [0.2, 0.25) is 0 Å². The summed E-state index contributed by atoms with van der Waals surface area (Å²) < 4.78 is 19.2. The number of hydrogen-bond acceptors (Lipinski definition) is 2. The molecule has 2 rings (SSSR count). The lowest BCUT2D eigenvalue weighted by Crippen LogP contribution is -2.39. The summed E-state index contributed by atoms with van der Waals surface area (Å²) >= 11 is 0. The quantitative estimate of drug-likeness (QED) is 0.777. The number of hydrogen-bond donors (Lipinski definition) is 0. The molecule has 0 aliphatic carbocycles. The van der Waals surface area contributed by atoms with Gasteiger partial charge in [-0.1, -0.05) is 17.7 Å². The summed E-state index contributed by atoms with van der Waals surface area (Å²) in [7, 11) is 0. The smallest absolute Gasteiger partial charge is 0.410 e. The first-order valence-electron chi connectivity index (χ1n) is 7.20. The SMILES string of the molecule is Cc1ccc(F)c(C2=CCN(C(=O)OC(C)(C)C)CC2)c1. The second-order valence-corrected chi connectivity index (χ2v) is 6.39. The summed E-state index contributed by atoms with van der Waals surface area (Å²) in [5.74, 6) is -0.211. The molecule has 1 aliphatic rings. The molecule has 1 heterocycles. The van der Waals surface area contributed by atoms with Gasteiger partial charge in [0.05, 0.1) is 0 Å². The van der Waals surface area contributed by atoms with E-state index < -0.39 is 5.60 Å². The molecule has 0 radical (unpaired) electrons. The average molecular weight is 291 g/mol. The van der Waals surface area contributed by atoms with Gasteiger partial charge in [-0.15, -0.1) is 0 Å². The zero-order valence-corrected chi connectivity index (χ0v) is 13.1. The van der Waals surface area contributed by atoms with Crippen LogP contribution < -0.4 is 0 Å². The number of rotatable bonds is 1. The minimum atomic E-state index is -0.496. The van der Waals surface area contributed by atoms with E-state index in [1.807, 2.05) is 39.8 Å². The van der Waals surface area contributed by atoms with E-state index in [-0.39, 0.29) is 11.9 Å². The van der Waals surface area contributed by atoms with Crippen molar-refractivity contribution in [3.63, 3.8) is 0 Å². The Hall–Kier alpha value is -1.84. The Labute approximate surface area is 125 Å². The van der Waals surface area contributed by atoms with E-state index in [1.165, 1.54) is 6.07 Å². The van der Waals surface area contributed by atoms with Crippen molar-refractivity contribution < 1.29 is 13.9 Å². The summed E-state index contributed by atoms with van der Waals surface area (Å²) in [5, 5.41) is 0. The lowest BCUT2D eigenvalue weighted by atomic mass is 9.97. The van der Waals surface area contributed by atoms with Crippen molar-refractivity contribution in [2.75, 3.05) is 13.1 Å². The molecule has 1 aromatic rings. The van der Waals surface area contributed by atoms with Gasteiger partial charge in [0.15, 0.2) is 0 Å². The van der Waals surface area contributed by atoms with E-state index in [1.54, 1.807) is 11.0 Å². The van der Waals surface area contributed by atoms with Crippen LogP contribution in [-0.2, 0) is 4.74 Å². The van der Waals surface area contributed by atoms with Gasteiger partial charge in [-0.25, -0.2) is 9.18 Å². The van der Waals surface area contributed by atoms with Crippen LogP contribution in [0.3, 0.4) is 0 Å². The van der Waals surface area contributed by atoms with Gasteiger partial charge >= 0.3 is 6.09 Å². The molecule has 0 atom stereocenters. The first-order valence-corrected chi connectivity index (χ1v) is 7.20. The van der Waals surface area contributed by atoms with Gasteiger partial charge in [-0.05, 0) is 51.8 Å². The molecule has 1 aliphatic heterocycles. The number of amides is 1. The predicted molar refractivity (Wildman–Crippen MR) is 81.5 cm³/mol. The number of halogens is 1. The Bertz CT molecular complexity index is 573. The van der Waals surface area contributed by atoms with Gasteiger partial charge < -0.3 is 9.64 Å². The van der Waals surface area contributed by atoms with E-state index in [0.717, 1.165) is 11.1 Å². The fraction of sp³-hybridized carbons (Fsp3) is 0.471. The fourth-order valence-electron chi connectivity index (χ4n) is 2.29. The summed E-state index contributed by atoms with van der Waals surface area (Å²) in [6, 6.07) is 5.10. The molecule has 1 aromatic carbocycles. The first kappa shape index (κ1) is 15.5. The summed E-state index contributed by atoms with van der Waals surface area (Å²) in [6.45, 7) is 8.49. The Morgan fingerprint density at radius 1 is 1.33 bits per heavy atom. The maximum atomic E-state index is 13.9. The number of aryl methyl sites for hydroxylation is 1. The van der Waals surface area contributed by atoms with Gasteiger partial charge in [0.1, 0.15) is 11.4 Å². The Morgan fingerprint density at radius 2 is 2.05 bits per heavy atom. The third-order valence-electron chi connectivity index (χ3n) is 3.33. The Morgan fingerprint density at radius 3 is 2.62 bits per heavy atom. The highest BCUT2D eigenvalue weighted by atomic mass is 19.1. The summed E-state index contributed by atoms with van der Waals surface area (Å²) in [6.07, 6.45) is 2.23. The van der Waals surface area contributed by atoms with Crippen LogP contribution in [0.25, 0.3) is 5.57 Å². The molecule has 0 aromatic heterocycles. The largest absolute Gasteiger partial charge is 0.444 e. The van der Waals surface area contributed by atoms with Crippen molar-refractivity contribution in [3.8, 4) is 0 Å². The predicted octanol–water partition coefficient (Wildman–Crippen LogP) is 4.16. The van der Waals surface area contributed by atoms with Gasteiger partial charge in [0.2, 0.25) is 0 Å². The molecule has 0 bridgehead atoms. The number of benzene rings is 1. The molecule has 4 heteroatoms. The molecule has 0 unspecified atom stereocenters. The van der Waals surface area contributed by atoms with Crippen LogP contribution in [0.5, 0.6) is 0 Å². The highest BCUT2D eigenvalue weighted by Gasteiger charge is 2.24. The molecule has 0 saturated carbocycles. The van der Waals surface area contributed by atoms with Crippen molar-refractivity contribution in [2.24, 2.45) is 0 Å². The minimum Gasteiger partial charge on any atom is -0.444 e. The molecule has 1 amide bonds. The second-order valence-electron chi connectivity index (χ2n) is 6.39. The van der Waals surface area contributed by atoms with Crippen LogP contribution in [0.4, 0.5) is 9.18 Å². The molecular weight excluding hydrogens is 269 g/mol. The van der Waals surface area contributed by atoms with E-state index >= 15 is 0 Å². The molecule has 0 saturated heterocycles.